The van der Waals surface area contributed by atoms with E-state index in [9.17, 15) is 5.11 Å². The van der Waals surface area contributed by atoms with Gasteiger partial charge in [-0.15, -0.1) is 0 Å². The molecule has 2 atom stereocenters. The number of nitrogens with one attached hydrogen (secondary N) is 1. The SMILES string of the molecule is CC1CNCC(O)CN1Cc1ccco1. The third-order valence-corrected chi connectivity index (χ3v) is 2.83. The minimum absolute atomic E-state index is 0.287. The van der Waals surface area contributed by atoms with E-state index in [1.54, 1.807) is 6.26 Å². The van der Waals surface area contributed by atoms with Crippen LogP contribution >= 0.6 is 0 Å². The van der Waals surface area contributed by atoms with Crippen LogP contribution < -0.4 is 5.32 Å². The predicted molar refractivity (Wildman–Crippen MR) is 57.5 cm³/mol. The number of nitrogens with zero attached hydrogens (tertiary/aromatic N) is 1. The summed E-state index contributed by atoms with van der Waals surface area (Å²) in [6.07, 6.45) is 1.40. The first-order chi connectivity index (χ1) is 7.25. The van der Waals surface area contributed by atoms with Crippen molar-refractivity contribution in [3.63, 3.8) is 0 Å². The molecule has 1 saturated heterocycles. The Hall–Kier alpha value is -0.840. The van der Waals surface area contributed by atoms with Gasteiger partial charge in [0, 0.05) is 25.7 Å². The summed E-state index contributed by atoms with van der Waals surface area (Å²) in [5.74, 6) is 0.955. The fourth-order valence-electron chi connectivity index (χ4n) is 1.93. The van der Waals surface area contributed by atoms with Crippen LogP contribution in [0.25, 0.3) is 0 Å². The summed E-state index contributed by atoms with van der Waals surface area (Å²) in [7, 11) is 0. The van der Waals surface area contributed by atoms with Gasteiger partial charge in [-0.05, 0) is 19.1 Å². The summed E-state index contributed by atoms with van der Waals surface area (Å²) in [4.78, 5) is 2.24. The average Bonchev–Trinajstić information content (AvgIpc) is 2.63. The number of hydrogen-bond donors (Lipinski definition) is 2. The van der Waals surface area contributed by atoms with Crippen LogP contribution in [0.1, 0.15) is 12.7 Å². The first-order valence-corrected chi connectivity index (χ1v) is 5.41. The van der Waals surface area contributed by atoms with Gasteiger partial charge in [-0.2, -0.15) is 0 Å². The molecule has 4 heteroatoms. The van der Waals surface area contributed by atoms with E-state index < -0.39 is 0 Å². The second-order valence-corrected chi connectivity index (χ2v) is 4.17. The van der Waals surface area contributed by atoms with Crippen molar-refractivity contribution in [1.82, 2.24) is 10.2 Å². The lowest BCUT2D eigenvalue weighted by atomic mass is 10.2. The van der Waals surface area contributed by atoms with Gasteiger partial charge in [-0.3, -0.25) is 4.90 Å². The lowest BCUT2D eigenvalue weighted by Gasteiger charge is -2.26. The summed E-state index contributed by atoms with van der Waals surface area (Å²) in [6.45, 7) is 5.23. The molecule has 15 heavy (non-hydrogen) atoms. The highest BCUT2D eigenvalue weighted by molar-refractivity contribution is 4.98. The van der Waals surface area contributed by atoms with Crippen molar-refractivity contribution in [2.75, 3.05) is 19.6 Å². The normalized spacial score (nSPS) is 28.9. The van der Waals surface area contributed by atoms with Crippen LogP contribution in [0.5, 0.6) is 0 Å². The molecule has 1 aliphatic rings. The molecule has 0 amide bonds. The summed E-state index contributed by atoms with van der Waals surface area (Å²) >= 11 is 0. The Morgan fingerprint density at radius 3 is 3.20 bits per heavy atom. The van der Waals surface area contributed by atoms with Gasteiger partial charge in [0.15, 0.2) is 0 Å². The van der Waals surface area contributed by atoms with Crippen molar-refractivity contribution in [2.45, 2.75) is 25.6 Å². The first-order valence-electron chi connectivity index (χ1n) is 5.41. The lowest BCUT2D eigenvalue weighted by Crippen LogP contribution is -2.38. The molecule has 2 unspecified atom stereocenters. The third kappa shape index (κ3) is 2.81. The van der Waals surface area contributed by atoms with Crippen LogP contribution in [-0.2, 0) is 6.54 Å². The Labute approximate surface area is 89.9 Å². The van der Waals surface area contributed by atoms with Gasteiger partial charge in [-0.25, -0.2) is 0 Å². The van der Waals surface area contributed by atoms with Crippen molar-refractivity contribution >= 4 is 0 Å². The van der Waals surface area contributed by atoms with Crippen molar-refractivity contribution in [3.05, 3.63) is 24.2 Å². The number of rotatable bonds is 2. The number of hydrogen-bond acceptors (Lipinski definition) is 4. The van der Waals surface area contributed by atoms with Gasteiger partial charge >= 0.3 is 0 Å². The van der Waals surface area contributed by atoms with E-state index in [2.05, 4.69) is 17.1 Å². The van der Waals surface area contributed by atoms with Gasteiger partial charge in [0.1, 0.15) is 5.76 Å². The van der Waals surface area contributed by atoms with Crippen LogP contribution in [-0.4, -0.2) is 41.8 Å². The van der Waals surface area contributed by atoms with E-state index >= 15 is 0 Å². The fraction of sp³-hybridized carbons (Fsp3) is 0.636. The highest BCUT2D eigenvalue weighted by Crippen LogP contribution is 2.11. The minimum atomic E-state index is -0.287. The maximum Gasteiger partial charge on any atom is 0.117 e. The van der Waals surface area contributed by atoms with Gasteiger partial charge in [0.05, 0.1) is 18.9 Å². The Balaban J connectivity index is 1.98. The molecule has 84 valence electrons. The molecule has 0 saturated carbocycles. The highest BCUT2D eigenvalue weighted by atomic mass is 16.3. The van der Waals surface area contributed by atoms with E-state index in [1.165, 1.54) is 0 Å². The van der Waals surface area contributed by atoms with Crippen molar-refractivity contribution in [2.24, 2.45) is 0 Å². The molecule has 1 fully saturated rings. The molecule has 2 rings (SSSR count). The quantitative estimate of drug-likeness (QED) is 0.743. The number of furan rings is 1. The Bertz CT molecular complexity index is 287. The summed E-state index contributed by atoms with van der Waals surface area (Å²) in [5.41, 5.74) is 0. The lowest BCUT2D eigenvalue weighted by molar-refractivity contribution is 0.104. The Kier molecular flexibility index (Phi) is 3.41. The molecular weight excluding hydrogens is 192 g/mol. The van der Waals surface area contributed by atoms with Crippen LogP contribution in [0.2, 0.25) is 0 Å². The number of β-amino-alcohol motifs (C(OH)–C–C–N with tert-alkyl or cyclic N) is 1. The fourth-order valence-corrected chi connectivity index (χ4v) is 1.93. The summed E-state index contributed by atoms with van der Waals surface area (Å²) < 4.78 is 5.32. The zero-order chi connectivity index (χ0) is 10.7. The molecule has 1 aromatic heterocycles. The van der Waals surface area contributed by atoms with Crippen LogP contribution in [0.15, 0.2) is 22.8 Å². The molecule has 1 aromatic rings. The molecule has 2 heterocycles. The summed E-state index contributed by atoms with van der Waals surface area (Å²) in [5, 5.41) is 12.9. The Morgan fingerprint density at radius 2 is 2.47 bits per heavy atom. The molecule has 0 bridgehead atoms. The van der Waals surface area contributed by atoms with E-state index in [0.29, 0.717) is 19.1 Å². The maximum absolute atomic E-state index is 9.67. The van der Waals surface area contributed by atoms with E-state index in [4.69, 9.17) is 4.42 Å². The average molecular weight is 210 g/mol. The second-order valence-electron chi connectivity index (χ2n) is 4.17. The zero-order valence-electron chi connectivity index (χ0n) is 9.02. The third-order valence-electron chi connectivity index (χ3n) is 2.83. The molecule has 4 nitrogen and oxygen atoms in total. The topological polar surface area (TPSA) is 48.6 Å². The maximum atomic E-state index is 9.67. The van der Waals surface area contributed by atoms with Crippen molar-refractivity contribution in [3.8, 4) is 0 Å². The molecule has 2 N–H and O–H groups in total. The van der Waals surface area contributed by atoms with Crippen LogP contribution in [0.4, 0.5) is 0 Å². The first kappa shape index (κ1) is 10.7. The zero-order valence-corrected chi connectivity index (χ0v) is 9.02. The standard InChI is InChI=1S/C11H18N2O2/c1-9-5-12-6-10(14)7-13(9)8-11-3-2-4-15-11/h2-4,9-10,12,14H,5-8H2,1H3. The molecule has 0 aromatic carbocycles. The molecule has 0 aliphatic carbocycles. The predicted octanol–water partition coefficient (Wildman–Crippen LogP) is 0.434. The highest BCUT2D eigenvalue weighted by Gasteiger charge is 2.22. The second kappa shape index (κ2) is 4.79. The number of aliphatic hydroxyl groups excluding tert-OH is 1. The van der Waals surface area contributed by atoms with E-state index in [0.717, 1.165) is 18.8 Å². The van der Waals surface area contributed by atoms with Gasteiger partial charge < -0.3 is 14.8 Å². The molecule has 1 aliphatic heterocycles. The van der Waals surface area contributed by atoms with Gasteiger partial charge in [0.25, 0.3) is 0 Å². The largest absolute Gasteiger partial charge is 0.468 e. The monoisotopic (exact) mass is 210 g/mol. The summed E-state index contributed by atoms with van der Waals surface area (Å²) in [6, 6.07) is 4.29. The number of aliphatic hydroxyl groups is 1. The van der Waals surface area contributed by atoms with Crippen LogP contribution in [0.3, 0.4) is 0 Å². The minimum Gasteiger partial charge on any atom is -0.468 e. The van der Waals surface area contributed by atoms with Gasteiger partial charge in [-0.1, -0.05) is 0 Å². The van der Waals surface area contributed by atoms with Crippen molar-refractivity contribution in [1.29, 1.82) is 0 Å². The van der Waals surface area contributed by atoms with Gasteiger partial charge in [0.2, 0.25) is 0 Å². The van der Waals surface area contributed by atoms with E-state index in [-0.39, 0.29) is 6.10 Å². The van der Waals surface area contributed by atoms with Crippen LogP contribution in [0, 0.1) is 0 Å². The molecule has 0 spiro atoms. The molecule has 0 radical (unpaired) electrons. The Morgan fingerprint density at radius 1 is 1.60 bits per heavy atom. The molecular formula is C11H18N2O2. The van der Waals surface area contributed by atoms with E-state index in [1.807, 2.05) is 12.1 Å². The smallest absolute Gasteiger partial charge is 0.117 e. The van der Waals surface area contributed by atoms with Crippen molar-refractivity contribution < 1.29 is 9.52 Å².